The number of aromatic nitrogens is 3. The largest absolute Gasteiger partial charge is 0.392 e. The zero-order chi connectivity index (χ0) is 17.2. The van der Waals surface area contributed by atoms with Crippen LogP contribution in [0.15, 0.2) is 59.8 Å². The van der Waals surface area contributed by atoms with E-state index >= 15 is 0 Å². The molecule has 0 bridgehead atoms. The number of aliphatic hydroxyl groups is 1. The van der Waals surface area contributed by atoms with Crippen molar-refractivity contribution in [1.82, 2.24) is 14.8 Å². The van der Waals surface area contributed by atoms with Crippen LogP contribution in [0.1, 0.15) is 11.1 Å². The summed E-state index contributed by atoms with van der Waals surface area (Å²) >= 11 is 0. The van der Waals surface area contributed by atoms with Crippen molar-refractivity contribution in [3.05, 3.63) is 65.7 Å². The third kappa shape index (κ3) is 3.22. The van der Waals surface area contributed by atoms with Crippen LogP contribution < -0.4 is 0 Å². The van der Waals surface area contributed by atoms with Crippen molar-refractivity contribution in [2.24, 2.45) is 7.05 Å². The Kier molecular flexibility index (Phi) is 4.46. The Balaban J connectivity index is 1.91. The molecule has 7 heteroatoms. The first-order valence-corrected chi connectivity index (χ1v) is 9.03. The molecule has 1 aromatic heterocycles. The van der Waals surface area contributed by atoms with E-state index in [0.29, 0.717) is 11.4 Å². The van der Waals surface area contributed by atoms with Crippen molar-refractivity contribution in [3.8, 4) is 11.4 Å². The monoisotopic (exact) mass is 343 g/mol. The molecule has 6 nitrogen and oxygen atoms in total. The van der Waals surface area contributed by atoms with E-state index in [2.05, 4.69) is 10.2 Å². The van der Waals surface area contributed by atoms with Gasteiger partial charge in [0.05, 0.1) is 12.4 Å². The molecule has 0 radical (unpaired) electrons. The van der Waals surface area contributed by atoms with Crippen LogP contribution in [0, 0.1) is 0 Å². The highest BCUT2D eigenvalue weighted by atomic mass is 32.2. The van der Waals surface area contributed by atoms with Crippen LogP contribution in [0.2, 0.25) is 0 Å². The lowest BCUT2D eigenvalue weighted by atomic mass is 10.2. The first kappa shape index (κ1) is 16.4. The van der Waals surface area contributed by atoms with E-state index in [0.717, 1.165) is 11.1 Å². The van der Waals surface area contributed by atoms with Crippen LogP contribution >= 0.6 is 0 Å². The Bertz CT molecular complexity index is 933. The smallest absolute Gasteiger partial charge is 0.250 e. The standard InChI is InChI=1S/C17H17N3O3S/c1-20-16(15-5-3-2-4-6-15)18-19-17(20)24(22,23)12-14-9-7-13(11-21)8-10-14/h2-10,21H,11-12H2,1H3. The molecule has 24 heavy (non-hydrogen) atoms. The van der Waals surface area contributed by atoms with Crippen molar-refractivity contribution < 1.29 is 13.5 Å². The molecule has 0 spiro atoms. The van der Waals surface area contributed by atoms with E-state index in [4.69, 9.17) is 5.11 Å². The molecule has 0 aliphatic rings. The molecule has 0 amide bonds. The summed E-state index contributed by atoms with van der Waals surface area (Å²) in [5, 5.41) is 16.9. The van der Waals surface area contributed by atoms with Crippen LogP contribution in [0.5, 0.6) is 0 Å². The number of benzene rings is 2. The van der Waals surface area contributed by atoms with Gasteiger partial charge < -0.3 is 9.67 Å². The van der Waals surface area contributed by atoms with Gasteiger partial charge in [-0.1, -0.05) is 54.6 Å². The van der Waals surface area contributed by atoms with Gasteiger partial charge in [-0.05, 0) is 11.1 Å². The highest BCUT2D eigenvalue weighted by Crippen LogP contribution is 2.21. The summed E-state index contributed by atoms with van der Waals surface area (Å²) in [5.41, 5.74) is 2.18. The van der Waals surface area contributed by atoms with E-state index < -0.39 is 9.84 Å². The second-order valence-electron chi connectivity index (χ2n) is 5.46. The number of sulfone groups is 1. The normalized spacial score (nSPS) is 11.6. The molecule has 3 rings (SSSR count). The van der Waals surface area contributed by atoms with Crippen LogP contribution in [-0.4, -0.2) is 28.3 Å². The van der Waals surface area contributed by atoms with E-state index in [1.165, 1.54) is 4.57 Å². The van der Waals surface area contributed by atoms with Crippen molar-refractivity contribution in [2.75, 3.05) is 0 Å². The molecule has 0 atom stereocenters. The summed E-state index contributed by atoms with van der Waals surface area (Å²) in [7, 11) is -1.98. The van der Waals surface area contributed by atoms with Gasteiger partial charge in [0.1, 0.15) is 0 Å². The Labute approximate surface area is 140 Å². The van der Waals surface area contributed by atoms with E-state index in [-0.39, 0.29) is 17.5 Å². The number of rotatable bonds is 5. The molecule has 2 aromatic carbocycles. The number of hydrogen-bond acceptors (Lipinski definition) is 5. The summed E-state index contributed by atoms with van der Waals surface area (Å²) in [6.07, 6.45) is 0. The SMILES string of the molecule is Cn1c(-c2ccccc2)nnc1S(=O)(=O)Cc1ccc(CO)cc1. The second kappa shape index (κ2) is 6.54. The molecule has 0 unspecified atom stereocenters. The third-order valence-corrected chi connectivity index (χ3v) is 5.33. The average molecular weight is 343 g/mol. The van der Waals surface area contributed by atoms with E-state index in [1.54, 1.807) is 31.3 Å². The average Bonchev–Trinajstić information content (AvgIpc) is 2.98. The maximum Gasteiger partial charge on any atom is 0.250 e. The molecule has 0 aliphatic heterocycles. The molecule has 1 heterocycles. The molecular formula is C17H17N3O3S. The van der Waals surface area contributed by atoms with Crippen molar-refractivity contribution in [3.63, 3.8) is 0 Å². The molecule has 0 aliphatic carbocycles. The number of nitrogens with zero attached hydrogens (tertiary/aromatic N) is 3. The highest BCUT2D eigenvalue weighted by molar-refractivity contribution is 7.90. The van der Waals surface area contributed by atoms with Crippen LogP contribution in [0.4, 0.5) is 0 Å². The van der Waals surface area contributed by atoms with Crippen molar-refractivity contribution in [2.45, 2.75) is 17.5 Å². The zero-order valence-corrected chi connectivity index (χ0v) is 13.9. The Morgan fingerprint density at radius 1 is 0.958 bits per heavy atom. The third-order valence-electron chi connectivity index (χ3n) is 3.71. The highest BCUT2D eigenvalue weighted by Gasteiger charge is 2.24. The molecule has 1 N–H and O–H groups in total. The summed E-state index contributed by atoms with van der Waals surface area (Å²) in [6.45, 7) is -0.0727. The van der Waals surface area contributed by atoms with Gasteiger partial charge in [-0.3, -0.25) is 0 Å². The zero-order valence-electron chi connectivity index (χ0n) is 13.1. The topological polar surface area (TPSA) is 85.1 Å². The first-order chi connectivity index (χ1) is 11.5. The molecule has 0 fully saturated rings. The summed E-state index contributed by atoms with van der Waals surface area (Å²) in [5.74, 6) is 0.337. The molecule has 3 aromatic rings. The molecular weight excluding hydrogens is 326 g/mol. The summed E-state index contributed by atoms with van der Waals surface area (Å²) in [6, 6.07) is 16.1. The van der Waals surface area contributed by atoms with E-state index in [1.807, 2.05) is 30.3 Å². The fourth-order valence-corrected chi connectivity index (χ4v) is 3.88. The summed E-state index contributed by atoms with van der Waals surface area (Å²) < 4.78 is 26.8. The van der Waals surface area contributed by atoms with Crippen LogP contribution in [0.3, 0.4) is 0 Å². The number of aliphatic hydroxyl groups excluding tert-OH is 1. The van der Waals surface area contributed by atoms with Crippen molar-refractivity contribution >= 4 is 9.84 Å². The van der Waals surface area contributed by atoms with Crippen LogP contribution in [-0.2, 0) is 29.2 Å². The molecule has 0 saturated heterocycles. The Morgan fingerprint density at radius 3 is 2.21 bits per heavy atom. The van der Waals surface area contributed by atoms with Gasteiger partial charge in [-0.25, -0.2) is 8.42 Å². The minimum absolute atomic E-state index is 0.0624. The molecule has 124 valence electrons. The van der Waals surface area contributed by atoms with Gasteiger partial charge in [-0.15, -0.1) is 10.2 Å². The van der Waals surface area contributed by atoms with Gasteiger partial charge in [-0.2, -0.15) is 0 Å². The van der Waals surface area contributed by atoms with Gasteiger partial charge in [0.15, 0.2) is 5.82 Å². The lowest BCUT2D eigenvalue weighted by molar-refractivity contribution is 0.282. The Hall–Kier alpha value is -2.51. The van der Waals surface area contributed by atoms with Gasteiger partial charge in [0, 0.05) is 12.6 Å². The quantitative estimate of drug-likeness (QED) is 0.765. The first-order valence-electron chi connectivity index (χ1n) is 7.37. The van der Waals surface area contributed by atoms with Crippen LogP contribution in [0.25, 0.3) is 11.4 Å². The fraction of sp³-hybridized carbons (Fsp3) is 0.176. The predicted octanol–water partition coefficient (Wildman–Crippen LogP) is 1.95. The summed E-state index contributed by atoms with van der Waals surface area (Å²) in [4.78, 5) is 0. The molecule has 0 saturated carbocycles. The predicted molar refractivity (Wildman–Crippen MR) is 89.7 cm³/mol. The number of hydrogen-bond donors (Lipinski definition) is 1. The maximum absolute atomic E-state index is 12.6. The second-order valence-corrected chi connectivity index (χ2v) is 7.35. The van der Waals surface area contributed by atoms with Gasteiger partial charge in [0.25, 0.3) is 0 Å². The Morgan fingerprint density at radius 2 is 1.58 bits per heavy atom. The van der Waals surface area contributed by atoms with Gasteiger partial charge in [0.2, 0.25) is 15.0 Å². The maximum atomic E-state index is 12.6. The lowest BCUT2D eigenvalue weighted by Gasteiger charge is -2.06. The fourth-order valence-electron chi connectivity index (χ4n) is 2.45. The minimum atomic E-state index is -3.62. The van der Waals surface area contributed by atoms with Crippen molar-refractivity contribution in [1.29, 1.82) is 0 Å². The minimum Gasteiger partial charge on any atom is -0.392 e. The van der Waals surface area contributed by atoms with E-state index in [9.17, 15) is 8.42 Å². The van der Waals surface area contributed by atoms with Gasteiger partial charge >= 0.3 is 0 Å². The lowest BCUT2D eigenvalue weighted by Crippen LogP contribution is -2.11.